The van der Waals surface area contributed by atoms with Gasteiger partial charge in [0, 0.05) is 38.3 Å². The second kappa shape index (κ2) is 11.2. The fourth-order valence-electron chi connectivity index (χ4n) is 10.8. The summed E-state index contributed by atoms with van der Waals surface area (Å²) in [4.78, 5) is 5.04. The van der Waals surface area contributed by atoms with Gasteiger partial charge in [-0.2, -0.15) is 0 Å². The lowest BCUT2D eigenvalue weighted by atomic mass is 9.35. The number of rotatable bonds is 2. The first-order valence-corrected chi connectivity index (χ1v) is 20.9. The number of aromatic nitrogens is 1. The van der Waals surface area contributed by atoms with Crippen LogP contribution in [0.25, 0.3) is 71.5 Å². The van der Waals surface area contributed by atoms with Crippen LogP contribution in [-0.2, 0) is 5.41 Å². The maximum absolute atomic E-state index is 7.32. The van der Waals surface area contributed by atoms with Gasteiger partial charge in [-0.15, -0.1) is 0 Å². The summed E-state index contributed by atoms with van der Waals surface area (Å²) >= 11 is 0. The first-order chi connectivity index (χ1) is 29.4. The van der Waals surface area contributed by atoms with E-state index in [4.69, 9.17) is 8.83 Å². The predicted molar refractivity (Wildman–Crippen MR) is 250 cm³/mol. The number of nitrogens with zero attached hydrogens (tertiary/aromatic N) is 3. The zero-order chi connectivity index (χ0) is 39.6. The molecule has 0 radical (unpaired) electrons. The molecule has 0 N–H and O–H groups in total. The van der Waals surface area contributed by atoms with Crippen molar-refractivity contribution in [2.45, 2.75) is 26.2 Å². The maximum atomic E-state index is 7.32. The molecule has 0 amide bonds. The van der Waals surface area contributed by atoms with Crippen molar-refractivity contribution in [2.75, 3.05) is 9.80 Å². The molecule has 3 aliphatic rings. The fraction of sp³-hybridized carbons (Fsp3) is 0.0741. The summed E-state index contributed by atoms with van der Waals surface area (Å²) < 4.78 is 16.7. The lowest BCUT2D eigenvalue weighted by Gasteiger charge is -2.45. The lowest BCUT2D eigenvalue weighted by molar-refractivity contribution is 0.590. The van der Waals surface area contributed by atoms with E-state index in [9.17, 15) is 0 Å². The van der Waals surface area contributed by atoms with E-state index in [2.05, 4.69) is 199 Å². The SMILES string of the molecule is CC(C)(C)c1cc2c3c(c1)N1c4c(cccc4-n4c5ccccc5c5cccc1c54)B3c1oc3ccc(-c4ccccc4)cc3c1N2c1cccc2c1oc1ccccc12. The Labute approximate surface area is 346 Å². The molecule has 3 aliphatic heterocycles. The van der Waals surface area contributed by atoms with Crippen LogP contribution in [0.3, 0.4) is 0 Å². The number of anilines is 6. The molecule has 8 aromatic carbocycles. The summed E-state index contributed by atoms with van der Waals surface area (Å²) in [6.07, 6.45) is 0. The summed E-state index contributed by atoms with van der Waals surface area (Å²) in [5, 5.41) is 5.79. The van der Waals surface area contributed by atoms with E-state index in [-0.39, 0.29) is 12.1 Å². The van der Waals surface area contributed by atoms with Crippen LogP contribution in [0.5, 0.6) is 0 Å². The number of hydrogen-bond acceptors (Lipinski definition) is 4. The molecule has 0 aliphatic carbocycles. The number of hydrogen-bond donors (Lipinski definition) is 0. The highest BCUT2D eigenvalue weighted by Gasteiger charge is 2.49. The molecule has 6 heteroatoms. The smallest absolute Gasteiger partial charge is 0.297 e. The van der Waals surface area contributed by atoms with Crippen LogP contribution < -0.4 is 26.4 Å². The number of para-hydroxylation sites is 5. The van der Waals surface area contributed by atoms with Gasteiger partial charge in [0.1, 0.15) is 11.2 Å². The minimum Gasteiger partial charge on any atom is -0.468 e. The molecule has 0 bridgehead atoms. The topological polar surface area (TPSA) is 37.7 Å². The summed E-state index contributed by atoms with van der Waals surface area (Å²) in [6.45, 7) is 6.81. The summed E-state index contributed by atoms with van der Waals surface area (Å²) in [5.41, 5.74) is 19.8. The maximum Gasteiger partial charge on any atom is 0.297 e. The van der Waals surface area contributed by atoms with Crippen molar-refractivity contribution in [1.82, 2.24) is 4.57 Å². The van der Waals surface area contributed by atoms with Gasteiger partial charge in [-0.3, -0.25) is 0 Å². The molecule has 60 heavy (non-hydrogen) atoms. The van der Waals surface area contributed by atoms with E-state index in [1.807, 2.05) is 0 Å². The van der Waals surface area contributed by atoms with Gasteiger partial charge in [-0.25, -0.2) is 0 Å². The Kier molecular flexibility index (Phi) is 6.06. The van der Waals surface area contributed by atoms with E-state index < -0.39 is 0 Å². The van der Waals surface area contributed by atoms with Crippen LogP contribution in [0.2, 0.25) is 0 Å². The Morgan fingerprint density at radius 1 is 0.467 bits per heavy atom. The molecule has 6 heterocycles. The van der Waals surface area contributed by atoms with Crippen LogP contribution in [0, 0.1) is 0 Å². The second-order valence-electron chi connectivity index (χ2n) is 17.7. The van der Waals surface area contributed by atoms with Gasteiger partial charge in [-0.05, 0) is 87.6 Å². The second-order valence-corrected chi connectivity index (χ2v) is 17.7. The van der Waals surface area contributed by atoms with Crippen molar-refractivity contribution in [3.05, 3.63) is 169 Å². The van der Waals surface area contributed by atoms with Crippen molar-refractivity contribution in [1.29, 1.82) is 0 Å². The lowest BCUT2D eigenvalue weighted by Crippen LogP contribution is -2.61. The number of furan rings is 2. The first kappa shape index (κ1) is 32.5. The van der Waals surface area contributed by atoms with Crippen LogP contribution >= 0.6 is 0 Å². The molecule has 14 rings (SSSR count). The molecule has 0 unspecified atom stereocenters. The van der Waals surface area contributed by atoms with Crippen LogP contribution in [0.4, 0.5) is 34.1 Å². The standard InChI is InChI=1S/C54H36BN3O2/c1-54(2,3)33-29-44-48-45(30-33)58(43-24-12-19-37-35-17-8-10-25-46(35)59-52(37)43)50-38-28-32(31-14-5-4-6-15-31)26-27-47(38)60-53(50)55(48)39-20-13-23-42-51(39)57(44)41-22-11-18-36-34-16-7-9-21-40(34)56(42)49(36)41/h4-30H,1-3H3. The molecular weight excluding hydrogens is 733 g/mol. The van der Waals surface area contributed by atoms with Gasteiger partial charge in [0.05, 0.1) is 45.1 Å². The summed E-state index contributed by atoms with van der Waals surface area (Å²) in [6, 6.07) is 59.7. The molecule has 0 saturated heterocycles. The van der Waals surface area contributed by atoms with Crippen molar-refractivity contribution in [3.8, 4) is 16.8 Å². The Balaban J connectivity index is 1.16. The van der Waals surface area contributed by atoms with Gasteiger partial charge in [0.2, 0.25) is 0 Å². The van der Waals surface area contributed by atoms with Gasteiger partial charge in [0.25, 0.3) is 6.71 Å². The minimum absolute atomic E-state index is 0.159. The van der Waals surface area contributed by atoms with E-state index in [0.29, 0.717) is 0 Å². The molecule has 5 nitrogen and oxygen atoms in total. The third kappa shape index (κ3) is 4.03. The molecule has 0 saturated carbocycles. The van der Waals surface area contributed by atoms with E-state index in [1.54, 1.807) is 0 Å². The van der Waals surface area contributed by atoms with E-state index >= 15 is 0 Å². The van der Waals surface area contributed by atoms with Crippen molar-refractivity contribution in [2.24, 2.45) is 0 Å². The number of benzene rings is 8. The molecule has 11 aromatic rings. The average molecular weight is 770 g/mol. The minimum atomic E-state index is -0.175. The van der Waals surface area contributed by atoms with Crippen molar-refractivity contribution >= 4 is 112 Å². The number of fused-ring (bicyclic) bond motifs is 14. The largest absolute Gasteiger partial charge is 0.468 e. The van der Waals surface area contributed by atoms with E-state index in [1.165, 1.54) is 66.6 Å². The fourth-order valence-corrected chi connectivity index (χ4v) is 10.8. The third-order valence-electron chi connectivity index (χ3n) is 13.4. The summed E-state index contributed by atoms with van der Waals surface area (Å²) in [7, 11) is 0. The average Bonchev–Trinajstić information content (AvgIpc) is 3.96. The Morgan fingerprint density at radius 3 is 1.97 bits per heavy atom. The van der Waals surface area contributed by atoms with Crippen molar-refractivity contribution < 1.29 is 8.83 Å². The predicted octanol–water partition coefficient (Wildman–Crippen LogP) is 12.8. The molecule has 0 atom stereocenters. The summed E-state index contributed by atoms with van der Waals surface area (Å²) in [5.74, 6) is 0. The molecule has 0 spiro atoms. The monoisotopic (exact) mass is 769 g/mol. The molecule has 3 aromatic heterocycles. The first-order valence-electron chi connectivity index (χ1n) is 20.9. The zero-order valence-electron chi connectivity index (χ0n) is 33.3. The quantitative estimate of drug-likeness (QED) is 0.164. The van der Waals surface area contributed by atoms with Gasteiger partial charge in [0.15, 0.2) is 5.58 Å². The zero-order valence-corrected chi connectivity index (χ0v) is 33.3. The van der Waals surface area contributed by atoms with Gasteiger partial charge >= 0.3 is 0 Å². The molecule has 282 valence electrons. The van der Waals surface area contributed by atoms with Crippen LogP contribution in [-0.4, -0.2) is 11.3 Å². The molecule has 0 fully saturated rings. The Hall–Kier alpha value is -7.44. The Bertz CT molecular complexity index is 3680. The highest BCUT2D eigenvalue weighted by molar-refractivity contribution is 7.00. The normalized spacial score (nSPS) is 13.8. The Morgan fingerprint density at radius 2 is 1.13 bits per heavy atom. The van der Waals surface area contributed by atoms with Crippen LogP contribution in [0.1, 0.15) is 26.3 Å². The van der Waals surface area contributed by atoms with Gasteiger partial charge in [-0.1, -0.05) is 130 Å². The highest BCUT2D eigenvalue weighted by atomic mass is 16.3. The highest BCUT2D eigenvalue weighted by Crippen LogP contribution is 2.54. The third-order valence-corrected chi connectivity index (χ3v) is 13.4. The van der Waals surface area contributed by atoms with Crippen molar-refractivity contribution in [3.63, 3.8) is 0 Å². The van der Waals surface area contributed by atoms with Crippen LogP contribution in [0.15, 0.2) is 173 Å². The van der Waals surface area contributed by atoms with E-state index in [0.717, 1.165) is 61.2 Å². The van der Waals surface area contributed by atoms with Gasteiger partial charge < -0.3 is 23.2 Å². The molecular formula is C54H36BN3O2.